The first-order valence-corrected chi connectivity index (χ1v) is 8.03. The zero-order valence-electron chi connectivity index (χ0n) is 12.5. The van der Waals surface area contributed by atoms with E-state index in [0.717, 1.165) is 40.4 Å². The predicted molar refractivity (Wildman–Crippen MR) is 88.5 cm³/mol. The van der Waals surface area contributed by atoms with Crippen LogP contribution in [0.5, 0.6) is 0 Å². The van der Waals surface area contributed by atoms with E-state index in [1.807, 2.05) is 12.1 Å². The molecular weight excluding hydrogens is 276 g/mol. The molecule has 0 heterocycles. The Balaban J connectivity index is 2.12. The number of rotatable bonds is 6. The first-order chi connectivity index (χ1) is 10.2. The average molecular weight is 296 g/mol. The Morgan fingerprint density at radius 2 is 1.90 bits per heavy atom. The molecule has 0 saturated carbocycles. The Labute approximate surface area is 131 Å². The molecule has 0 aliphatic heterocycles. The van der Waals surface area contributed by atoms with E-state index in [1.165, 1.54) is 5.56 Å². The van der Waals surface area contributed by atoms with Crippen LogP contribution < -0.4 is 5.32 Å². The van der Waals surface area contributed by atoms with E-state index in [-0.39, 0.29) is 0 Å². The SMILES string of the molecule is CCCNCc1ccc(Sc2ccc(C)cc2)c(C#N)c1. The van der Waals surface area contributed by atoms with E-state index >= 15 is 0 Å². The van der Waals surface area contributed by atoms with Crippen LogP contribution in [0.4, 0.5) is 0 Å². The molecule has 0 aliphatic carbocycles. The summed E-state index contributed by atoms with van der Waals surface area (Å²) in [5, 5.41) is 12.7. The molecular formula is C18H20N2S. The molecule has 0 amide bonds. The van der Waals surface area contributed by atoms with Gasteiger partial charge in [-0.05, 0) is 49.7 Å². The lowest BCUT2D eigenvalue weighted by atomic mass is 10.1. The molecule has 108 valence electrons. The molecule has 0 spiro atoms. The van der Waals surface area contributed by atoms with Crippen LogP contribution in [0.1, 0.15) is 30.0 Å². The third-order valence-corrected chi connectivity index (χ3v) is 4.25. The van der Waals surface area contributed by atoms with Crippen molar-refractivity contribution in [2.75, 3.05) is 6.54 Å². The van der Waals surface area contributed by atoms with E-state index < -0.39 is 0 Å². The fourth-order valence-electron chi connectivity index (χ4n) is 2.01. The van der Waals surface area contributed by atoms with Gasteiger partial charge in [-0.15, -0.1) is 0 Å². The van der Waals surface area contributed by atoms with Crippen LogP contribution in [0.15, 0.2) is 52.3 Å². The summed E-state index contributed by atoms with van der Waals surface area (Å²) in [5.41, 5.74) is 3.15. The Morgan fingerprint density at radius 3 is 2.57 bits per heavy atom. The third kappa shape index (κ3) is 4.63. The number of aryl methyl sites for hydroxylation is 1. The second-order valence-electron chi connectivity index (χ2n) is 5.03. The van der Waals surface area contributed by atoms with Crippen molar-refractivity contribution in [1.29, 1.82) is 5.26 Å². The van der Waals surface area contributed by atoms with Crippen LogP contribution in [0.2, 0.25) is 0 Å². The summed E-state index contributed by atoms with van der Waals surface area (Å²) in [7, 11) is 0. The fourth-order valence-corrected chi connectivity index (χ4v) is 2.88. The summed E-state index contributed by atoms with van der Waals surface area (Å²) in [6.07, 6.45) is 1.12. The van der Waals surface area contributed by atoms with E-state index in [9.17, 15) is 5.26 Å². The first kappa shape index (κ1) is 15.6. The lowest BCUT2D eigenvalue weighted by Gasteiger charge is -2.08. The van der Waals surface area contributed by atoms with E-state index in [1.54, 1.807) is 11.8 Å². The Bertz CT molecular complexity index is 627. The van der Waals surface area contributed by atoms with Crippen molar-refractivity contribution < 1.29 is 0 Å². The molecule has 0 aliphatic rings. The molecule has 0 fully saturated rings. The molecule has 0 bridgehead atoms. The Kier molecular flexibility index (Phi) is 5.86. The van der Waals surface area contributed by atoms with Gasteiger partial charge in [0.05, 0.1) is 5.56 Å². The van der Waals surface area contributed by atoms with Gasteiger partial charge in [-0.25, -0.2) is 0 Å². The highest BCUT2D eigenvalue weighted by Crippen LogP contribution is 2.30. The molecule has 2 nitrogen and oxygen atoms in total. The maximum atomic E-state index is 9.35. The molecule has 3 heteroatoms. The van der Waals surface area contributed by atoms with E-state index in [0.29, 0.717) is 0 Å². The number of hydrogen-bond acceptors (Lipinski definition) is 3. The normalized spacial score (nSPS) is 10.3. The zero-order chi connectivity index (χ0) is 15.1. The molecule has 0 atom stereocenters. The second-order valence-corrected chi connectivity index (χ2v) is 6.15. The highest BCUT2D eigenvalue weighted by atomic mass is 32.2. The monoisotopic (exact) mass is 296 g/mol. The summed E-state index contributed by atoms with van der Waals surface area (Å²) >= 11 is 1.64. The lowest BCUT2D eigenvalue weighted by molar-refractivity contribution is 0.675. The molecule has 0 radical (unpaired) electrons. The molecule has 0 saturated heterocycles. The number of benzene rings is 2. The molecule has 0 aromatic heterocycles. The van der Waals surface area contributed by atoms with Crippen LogP contribution in [0.3, 0.4) is 0 Å². The number of nitrogens with zero attached hydrogens (tertiary/aromatic N) is 1. The first-order valence-electron chi connectivity index (χ1n) is 7.21. The minimum absolute atomic E-state index is 0.747. The molecule has 1 N–H and O–H groups in total. The maximum absolute atomic E-state index is 9.35. The van der Waals surface area contributed by atoms with Crippen molar-refractivity contribution in [3.63, 3.8) is 0 Å². The predicted octanol–water partition coefficient (Wildman–Crippen LogP) is 4.52. The molecule has 2 aromatic carbocycles. The van der Waals surface area contributed by atoms with Crippen molar-refractivity contribution in [3.05, 3.63) is 59.2 Å². The van der Waals surface area contributed by atoms with Gasteiger partial charge in [-0.1, -0.05) is 42.4 Å². The zero-order valence-corrected chi connectivity index (χ0v) is 13.3. The molecule has 0 unspecified atom stereocenters. The highest BCUT2D eigenvalue weighted by molar-refractivity contribution is 7.99. The van der Waals surface area contributed by atoms with Crippen LogP contribution in [-0.2, 0) is 6.54 Å². The van der Waals surface area contributed by atoms with Crippen LogP contribution in [0.25, 0.3) is 0 Å². The molecule has 2 rings (SSSR count). The summed E-state index contributed by atoms with van der Waals surface area (Å²) in [6.45, 7) is 6.04. The van der Waals surface area contributed by atoms with Gasteiger partial charge in [-0.3, -0.25) is 0 Å². The number of nitrogens with one attached hydrogen (secondary N) is 1. The largest absolute Gasteiger partial charge is 0.313 e. The lowest BCUT2D eigenvalue weighted by Crippen LogP contribution is -2.13. The summed E-state index contributed by atoms with van der Waals surface area (Å²) < 4.78 is 0. The van der Waals surface area contributed by atoms with E-state index in [2.05, 4.69) is 55.6 Å². The number of hydrogen-bond donors (Lipinski definition) is 1. The van der Waals surface area contributed by atoms with Gasteiger partial charge < -0.3 is 5.32 Å². The quantitative estimate of drug-likeness (QED) is 0.796. The van der Waals surface area contributed by atoms with Crippen molar-refractivity contribution in [2.24, 2.45) is 0 Å². The van der Waals surface area contributed by atoms with E-state index in [4.69, 9.17) is 0 Å². The average Bonchev–Trinajstić information content (AvgIpc) is 2.51. The van der Waals surface area contributed by atoms with Gasteiger partial charge in [0.2, 0.25) is 0 Å². The topological polar surface area (TPSA) is 35.8 Å². The minimum Gasteiger partial charge on any atom is -0.313 e. The maximum Gasteiger partial charge on any atom is 0.100 e. The van der Waals surface area contributed by atoms with Gasteiger partial charge >= 0.3 is 0 Å². The Morgan fingerprint density at radius 1 is 1.14 bits per heavy atom. The summed E-state index contributed by atoms with van der Waals surface area (Å²) in [5.74, 6) is 0. The number of nitriles is 1. The van der Waals surface area contributed by atoms with Crippen molar-refractivity contribution in [2.45, 2.75) is 36.6 Å². The molecule has 21 heavy (non-hydrogen) atoms. The van der Waals surface area contributed by atoms with Gasteiger partial charge in [0.15, 0.2) is 0 Å². The van der Waals surface area contributed by atoms with Crippen LogP contribution in [-0.4, -0.2) is 6.54 Å². The van der Waals surface area contributed by atoms with Gasteiger partial charge in [-0.2, -0.15) is 5.26 Å². The highest BCUT2D eigenvalue weighted by Gasteiger charge is 2.06. The van der Waals surface area contributed by atoms with Crippen molar-refractivity contribution in [3.8, 4) is 6.07 Å². The van der Waals surface area contributed by atoms with Gasteiger partial charge in [0, 0.05) is 16.3 Å². The van der Waals surface area contributed by atoms with Crippen molar-refractivity contribution in [1.82, 2.24) is 5.32 Å². The van der Waals surface area contributed by atoms with Crippen molar-refractivity contribution >= 4 is 11.8 Å². The van der Waals surface area contributed by atoms with Gasteiger partial charge in [0.25, 0.3) is 0 Å². The minimum atomic E-state index is 0.747. The standard InChI is InChI=1S/C18H20N2S/c1-3-10-20-13-15-6-9-18(16(11-15)12-19)21-17-7-4-14(2)5-8-17/h4-9,11,20H,3,10,13H2,1-2H3. The smallest absolute Gasteiger partial charge is 0.100 e. The van der Waals surface area contributed by atoms with Gasteiger partial charge in [0.1, 0.15) is 6.07 Å². The summed E-state index contributed by atoms with van der Waals surface area (Å²) in [6, 6.07) is 16.8. The van der Waals surface area contributed by atoms with Crippen LogP contribution in [0, 0.1) is 18.3 Å². The summed E-state index contributed by atoms with van der Waals surface area (Å²) in [4.78, 5) is 2.18. The van der Waals surface area contributed by atoms with Crippen LogP contribution >= 0.6 is 11.8 Å². The molecule has 2 aromatic rings. The second kappa shape index (κ2) is 7.87. The third-order valence-electron chi connectivity index (χ3n) is 3.17. The fraction of sp³-hybridized carbons (Fsp3) is 0.278. The Hall–Kier alpha value is -1.76.